The molecule has 1 aromatic carbocycles. The van der Waals surface area contributed by atoms with Gasteiger partial charge < -0.3 is 0 Å². The molecule has 0 bridgehead atoms. The zero-order chi connectivity index (χ0) is 11.8. The van der Waals surface area contributed by atoms with Crippen LogP contribution >= 0.6 is 23.2 Å². The fourth-order valence-electron chi connectivity index (χ4n) is 1.71. The first-order chi connectivity index (χ1) is 7.49. The maximum atomic E-state index is 11.6. The van der Waals surface area contributed by atoms with Crippen LogP contribution in [0.5, 0.6) is 0 Å². The molecule has 0 amide bonds. The van der Waals surface area contributed by atoms with Crippen LogP contribution in [-0.2, 0) is 16.6 Å². The van der Waals surface area contributed by atoms with Crippen LogP contribution in [0.4, 0.5) is 0 Å². The summed E-state index contributed by atoms with van der Waals surface area (Å²) in [7, 11) is -3.05. The molecule has 0 atom stereocenters. The highest BCUT2D eigenvalue weighted by molar-refractivity contribution is 7.89. The third-order valence-corrected chi connectivity index (χ3v) is 5.19. The Labute approximate surface area is 105 Å². The Morgan fingerprint density at radius 1 is 1.25 bits per heavy atom. The normalized spacial score (nSPS) is 20.1. The summed E-state index contributed by atoms with van der Waals surface area (Å²) in [6.07, 6.45) is 0.698. The zero-order valence-corrected chi connectivity index (χ0v) is 10.8. The highest BCUT2D eigenvalue weighted by atomic mass is 35.5. The average Bonchev–Trinajstić information content (AvgIpc) is 2.52. The zero-order valence-electron chi connectivity index (χ0n) is 8.49. The average molecular weight is 280 g/mol. The van der Waals surface area contributed by atoms with E-state index in [1.807, 2.05) is 0 Å². The number of benzene rings is 1. The van der Waals surface area contributed by atoms with Crippen LogP contribution in [0, 0.1) is 0 Å². The number of hydrogen-bond acceptors (Lipinski definition) is 2. The van der Waals surface area contributed by atoms with Gasteiger partial charge in [-0.15, -0.1) is 0 Å². The second kappa shape index (κ2) is 4.53. The van der Waals surface area contributed by atoms with Crippen molar-refractivity contribution in [3.8, 4) is 0 Å². The molecule has 1 aromatic rings. The van der Waals surface area contributed by atoms with Gasteiger partial charge in [-0.25, -0.2) is 8.42 Å². The Hall–Kier alpha value is -0.290. The molecule has 0 N–H and O–H groups in total. The lowest BCUT2D eigenvalue weighted by atomic mass is 10.2. The van der Waals surface area contributed by atoms with Crippen LogP contribution in [0.25, 0.3) is 0 Å². The van der Waals surface area contributed by atoms with Gasteiger partial charge in [0, 0.05) is 13.1 Å². The number of rotatable bonds is 2. The van der Waals surface area contributed by atoms with Crippen molar-refractivity contribution in [3.63, 3.8) is 0 Å². The molecule has 0 unspecified atom stereocenters. The number of hydrogen-bond donors (Lipinski definition) is 0. The van der Waals surface area contributed by atoms with E-state index >= 15 is 0 Å². The van der Waals surface area contributed by atoms with Gasteiger partial charge in [-0.3, -0.25) is 0 Å². The number of nitrogens with zero attached hydrogens (tertiary/aromatic N) is 1. The predicted molar refractivity (Wildman–Crippen MR) is 65.3 cm³/mol. The Bertz CT molecular complexity index is 502. The van der Waals surface area contributed by atoms with E-state index in [1.165, 1.54) is 4.31 Å². The van der Waals surface area contributed by atoms with Crippen molar-refractivity contribution in [3.05, 3.63) is 33.8 Å². The van der Waals surface area contributed by atoms with E-state index in [0.29, 0.717) is 29.6 Å². The Morgan fingerprint density at radius 2 is 2.00 bits per heavy atom. The lowest BCUT2D eigenvalue weighted by Crippen LogP contribution is -2.25. The molecule has 3 nitrogen and oxygen atoms in total. The molecular formula is C10H11Cl2NO2S. The van der Waals surface area contributed by atoms with Crippen LogP contribution in [-0.4, -0.2) is 25.0 Å². The molecule has 0 aromatic heterocycles. The van der Waals surface area contributed by atoms with Crippen LogP contribution in [0.15, 0.2) is 18.2 Å². The van der Waals surface area contributed by atoms with Crippen LogP contribution < -0.4 is 0 Å². The number of sulfonamides is 1. The first-order valence-electron chi connectivity index (χ1n) is 4.91. The van der Waals surface area contributed by atoms with Crippen molar-refractivity contribution in [2.24, 2.45) is 0 Å². The van der Waals surface area contributed by atoms with Crippen LogP contribution in [0.3, 0.4) is 0 Å². The summed E-state index contributed by atoms with van der Waals surface area (Å²) >= 11 is 11.7. The Morgan fingerprint density at radius 3 is 2.56 bits per heavy atom. The van der Waals surface area contributed by atoms with Gasteiger partial charge in [0.05, 0.1) is 15.8 Å². The van der Waals surface area contributed by atoms with Gasteiger partial charge in [-0.1, -0.05) is 29.3 Å². The molecule has 1 fully saturated rings. The van der Waals surface area contributed by atoms with Crippen molar-refractivity contribution in [2.75, 3.05) is 12.3 Å². The lowest BCUT2D eigenvalue weighted by Gasteiger charge is -2.14. The lowest BCUT2D eigenvalue weighted by molar-refractivity contribution is 0.440. The van der Waals surface area contributed by atoms with Crippen molar-refractivity contribution in [1.82, 2.24) is 4.31 Å². The summed E-state index contributed by atoms with van der Waals surface area (Å²) in [5.41, 5.74) is 0.861. The van der Waals surface area contributed by atoms with E-state index in [4.69, 9.17) is 23.2 Å². The van der Waals surface area contributed by atoms with Crippen LogP contribution in [0.2, 0.25) is 10.0 Å². The second-order valence-electron chi connectivity index (χ2n) is 3.75. The molecule has 1 heterocycles. The topological polar surface area (TPSA) is 37.4 Å². The first-order valence-corrected chi connectivity index (χ1v) is 7.27. The molecule has 88 valence electrons. The van der Waals surface area contributed by atoms with E-state index in [9.17, 15) is 8.42 Å². The standard InChI is InChI=1S/C10H11Cl2NO2S/c11-9-3-2-8(6-10(9)12)7-13-4-1-5-16(13,14)15/h2-3,6H,1,4-5,7H2. The summed E-state index contributed by atoms with van der Waals surface area (Å²) in [4.78, 5) is 0. The van der Waals surface area contributed by atoms with Crippen molar-refractivity contribution < 1.29 is 8.42 Å². The molecule has 1 aliphatic heterocycles. The summed E-state index contributed by atoms with van der Waals surface area (Å²) < 4.78 is 24.6. The molecule has 16 heavy (non-hydrogen) atoms. The fraction of sp³-hybridized carbons (Fsp3) is 0.400. The predicted octanol–water partition coefficient (Wildman–Crippen LogP) is 2.53. The first kappa shape index (κ1) is 12.2. The molecule has 1 aliphatic rings. The van der Waals surface area contributed by atoms with E-state index in [2.05, 4.69) is 0 Å². The van der Waals surface area contributed by atoms with Gasteiger partial charge in [0.2, 0.25) is 10.0 Å². The van der Waals surface area contributed by atoms with Gasteiger partial charge in [0.25, 0.3) is 0 Å². The smallest absolute Gasteiger partial charge is 0.212 e. The summed E-state index contributed by atoms with van der Waals surface area (Å²) in [5.74, 6) is 0.244. The van der Waals surface area contributed by atoms with Gasteiger partial charge in [0.15, 0.2) is 0 Å². The van der Waals surface area contributed by atoms with E-state index in [-0.39, 0.29) is 5.75 Å². The minimum atomic E-state index is -3.05. The molecule has 2 rings (SSSR count). The largest absolute Gasteiger partial charge is 0.214 e. The van der Waals surface area contributed by atoms with Gasteiger partial charge in [-0.2, -0.15) is 4.31 Å². The quantitative estimate of drug-likeness (QED) is 0.834. The highest BCUT2D eigenvalue weighted by Gasteiger charge is 2.27. The third kappa shape index (κ3) is 2.51. The minimum Gasteiger partial charge on any atom is -0.212 e. The molecule has 6 heteroatoms. The molecule has 1 saturated heterocycles. The van der Waals surface area contributed by atoms with Gasteiger partial charge in [-0.05, 0) is 24.1 Å². The van der Waals surface area contributed by atoms with Gasteiger partial charge >= 0.3 is 0 Å². The summed E-state index contributed by atoms with van der Waals surface area (Å²) in [5, 5.41) is 0.936. The van der Waals surface area contributed by atoms with Gasteiger partial charge in [0.1, 0.15) is 0 Å². The molecule has 0 spiro atoms. The molecule has 0 aliphatic carbocycles. The number of halogens is 2. The second-order valence-corrected chi connectivity index (χ2v) is 6.65. The van der Waals surface area contributed by atoms with E-state index in [1.54, 1.807) is 18.2 Å². The maximum Gasteiger partial charge on any atom is 0.214 e. The molecule has 0 saturated carbocycles. The highest BCUT2D eigenvalue weighted by Crippen LogP contribution is 2.24. The fourth-order valence-corrected chi connectivity index (χ4v) is 3.54. The van der Waals surface area contributed by atoms with Crippen molar-refractivity contribution in [1.29, 1.82) is 0 Å². The monoisotopic (exact) mass is 279 g/mol. The Balaban J connectivity index is 2.18. The molecular weight excluding hydrogens is 269 g/mol. The summed E-state index contributed by atoms with van der Waals surface area (Å²) in [6.45, 7) is 0.960. The Kier molecular flexibility index (Phi) is 3.45. The van der Waals surface area contributed by atoms with Crippen LogP contribution in [0.1, 0.15) is 12.0 Å². The SMILES string of the molecule is O=S1(=O)CCCN1Cc1ccc(Cl)c(Cl)c1. The molecule has 0 radical (unpaired) electrons. The van der Waals surface area contributed by atoms with E-state index in [0.717, 1.165) is 5.56 Å². The maximum absolute atomic E-state index is 11.6. The van der Waals surface area contributed by atoms with Crippen molar-refractivity contribution in [2.45, 2.75) is 13.0 Å². The van der Waals surface area contributed by atoms with E-state index < -0.39 is 10.0 Å². The minimum absolute atomic E-state index is 0.244. The summed E-state index contributed by atoms with van der Waals surface area (Å²) in [6, 6.07) is 5.18. The van der Waals surface area contributed by atoms with Crippen molar-refractivity contribution >= 4 is 33.2 Å². The third-order valence-electron chi connectivity index (χ3n) is 2.55.